The standard InChI is InChI=1S/C7H16N2O/c1-4-9(5-2)6-7(3)8-10/h10H,4-6H2,1-3H3/b8-7+. The predicted molar refractivity (Wildman–Crippen MR) is 42.7 cm³/mol. The van der Waals surface area contributed by atoms with Gasteiger partial charge < -0.3 is 5.21 Å². The Labute approximate surface area is 62.3 Å². The maximum atomic E-state index is 8.34. The molecular weight excluding hydrogens is 128 g/mol. The molecule has 0 rings (SSSR count). The van der Waals surface area contributed by atoms with E-state index in [0.29, 0.717) is 0 Å². The van der Waals surface area contributed by atoms with Crippen LogP contribution in [0.2, 0.25) is 0 Å². The van der Waals surface area contributed by atoms with Crippen LogP contribution >= 0.6 is 0 Å². The topological polar surface area (TPSA) is 35.8 Å². The average molecular weight is 144 g/mol. The average Bonchev–Trinajstić information content (AvgIpc) is 1.99. The fraction of sp³-hybridized carbons (Fsp3) is 0.857. The zero-order chi connectivity index (χ0) is 7.98. The van der Waals surface area contributed by atoms with Crippen molar-refractivity contribution in [2.24, 2.45) is 5.16 Å². The van der Waals surface area contributed by atoms with Gasteiger partial charge in [-0.25, -0.2) is 0 Å². The minimum Gasteiger partial charge on any atom is -0.411 e. The van der Waals surface area contributed by atoms with E-state index in [1.807, 2.05) is 6.92 Å². The molecule has 0 aromatic heterocycles. The van der Waals surface area contributed by atoms with Crippen LogP contribution in [0, 0.1) is 0 Å². The molecule has 0 radical (unpaired) electrons. The van der Waals surface area contributed by atoms with E-state index in [4.69, 9.17) is 5.21 Å². The van der Waals surface area contributed by atoms with Crippen molar-refractivity contribution in [1.29, 1.82) is 0 Å². The van der Waals surface area contributed by atoms with E-state index < -0.39 is 0 Å². The fourth-order valence-corrected chi connectivity index (χ4v) is 0.802. The zero-order valence-corrected chi connectivity index (χ0v) is 6.96. The highest BCUT2D eigenvalue weighted by atomic mass is 16.4. The lowest BCUT2D eigenvalue weighted by Gasteiger charge is -2.16. The number of hydrogen-bond acceptors (Lipinski definition) is 3. The molecule has 10 heavy (non-hydrogen) atoms. The fourth-order valence-electron chi connectivity index (χ4n) is 0.802. The molecule has 1 N–H and O–H groups in total. The molecule has 0 saturated carbocycles. The summed E-state index contributed by atoms with van der Waals surface area (Å²) in [4.78, 5) is 2.19. The minimum absolute atomic E-state index is 0.767. The summed E-state index contributed by atoms with van der Waals surface area (Å²) in [6.07, 6.45) is 0. The summed E-state index contributed by atoms with van der Waals surface area (Å²) in [7, 11) is 0. The third-order valence-electron chi connectivity index (χ3n) is 1.52. The Hall–Kier alpha value is -0.570. The Kier molecular flexibility index (Phi) is 4.94. The van der Waals surface area contributed by atoms with Gasteiger partial charge in [0.15, 0.2) is 0 Å². The number of rotatable bonds is 4. The summed E-state index contributed by atoms with van der Waals surface area (Å²) in [5.74, 6) is 0. The van der Waals surface area contributed by atoms with Gasteiger partial charge in [0, 0.05) is 6.54 Å². The van der Waals surface area contributed by atoms with Crippen molar-refractivity contribution < 1.29 is 5.21 Å². The van der Waals surface area contributed by atoms with E-state index >= 15 is 0 Å². The first-order valence-corrected chi connectivity index (χ1v) is 3.64. The summed E-state index contributed by atoms with van der Waals surface area (Å²) in [5.41, 5.74) is 0.767. The molecule has 0 bridgehead atoms. The SMILES string of the molecule is CCN(CC)C/C(C)=N/O. The molecule has 0 spiro atoms. The summed E-state index contributed by atoms with van der Waals surface area (Å²) in [5, 5.41) is 11.4. The van der Waals surface area contributed by atoms with Crippen LogP contribution in [0.5, 0.6) is 0 Å². The smallest absolute Gasteiger partial charge is 0.0679 e. The van der Waals surface area contributed by atoms with Gasteiger partial charge in [-0.05, 0) is 20.0 Å². The molecular formula is C7H16N2O. The molecule has 0 fully saturated rings. The molecule has 3 heteroatoms. The Morgan fingerprint density at radius 3 is 2.20 bits per heavy atom. The number of nitrogens with zero attached hydrogens (tertiary/aromatic N) is 2. The molecule has 0 aliphatic rings. The van der Waals surface area contributed by atoms with Gasteiger partial charge in [0.25, 0.3) is 0 Å². The van der Waals surface area contributed by atoms with Crippen molar-refractivity contribution in [3.05, 3.63) is 0 Å². The maximum Gasteiger partial charge on any atom is 0.0679 e. The van der Waals surface area contributed by atoms with Crippen LogP contribution in [0.4, 0.5) is 0 Å². The van der Waals surface area contributed by atoms with Crippen LogP contribution in [0.25, 0.3) is 0 Å². The molecule has 60 valence electrons. The van der Waals surface area contributed by atoms with E-state index in [9.17, 15) is 0 Å². The predicted octanol–water partition coefficient (Wildman–Crippen LogP) is 1.18. The second kappa shape index (κ2) is 5.23. The third kappa shape index (κ3) is 3.45. The van der Waals surface area contributed by atoms with Crippen molar-refractivity contribution in [1.82, 2.24) is 4.90 Å². The highest BCUT2D eigenvalue weighted by Gasteiger charge is 1.99. The van der Waals surface area contributed by atoms with Gasteiger partial charge in [0.2, 0.25) is 0 Å². The van der Waals surface area contributed by atoms with Crippen molar-refractivity contribution in [2.75, 3.05) is 19.6 Å². The first-order chi connectivity index (χ1) is 4.74. The minimum atomic E-state index is 0.767. The largest absolute Gasteiger partial charge is 0.411 e. The van der Waals surface area contributed by atoms with Gasteiger partial charge in [-0.1, -0.05) is 19.0 Å². The van der Waals surface area contributed by atoms with Crippen molar-refractivity contribution in [3.63, 3.8) is 0 Å². The molecule has 0 heterocycles. The van der Waals surface area contributed by atoms with Crippen LogP contribution < -0.4 is 0 Å². The van der Waals surface area contributed by atoms with E-state index in [-0.39, 0.29) is 0 Å². The van der Waals surface area contributed by atoms with Crippen LogP contribution in [-0.2, 0) is 0 Å². The first-order valence-electron chi connectivity index (χ1n) is 3.64. The monoisotopic (exact) mass is 144 g/mol. The first kappa shape index (κ1) is 9.43. The highest BCUT2D eigenvalue weighted by molar-refractivity contribution is 5.83. The zero-order valence-electron chi connectivity index (χ0n) is 6.96. The quantitative estimate of drug-likeness (QED) is 0.365. The molecule has 0 saturated heterocycles. The highest BCUT2D eigenvalue weighted by Crippen LogP contribution is 1.87. The normalized spacial score (nSPS) is 12.6. The lowest BCUT2D eigenvalue weighted by Crippen LogP contribution is -2.28. The van der Waals surface area contributed by atoms with Crippen molar-refractivity contribution in [2.45, 2.75) is 20.8 Å². The van der Waals surface area contributed by atoms with Crippen molar-refractivity contribution in [3.8, 4) is 0 Å². The van der Waals surface area contributed by atoms with Gasteiger partial charge >= 0.3 is 0 Å². The van der Waals surface area contributed by atoms with E-state index in [1.54, 1.807) is 0 Å². The second-order valence-electron chi connectivity index (χ2n) is 2.30. The maximum absolute atomic E-state index is 8.34. The summed E-state index contributed by atoms with van der Waals surface area (Å²) < 4.78 is 0. The molecule has 0 aliphatic heterocycles. The summed E-state index contributed by atoms with van der Waals surface area (Å²) in [6, 6.07) is 0. The van der Waals surface area contributed by atoms with Crippen LogP contribution in [-0.4, -0.2) is 35.5 Å². The van der Waals surface area contributed by atoms with Gasteiger partial charge in [0.05, 0.1) is 5.71 Å². The van der Waals surface area contributed by atoms with Gasteiger partial charge in [-0.15, -0.1) is 0 Å². The summed E-state index contributed by atoms with van der Waals surface area (Å²) >= 11 is 0. The Morgan fingerprint density at radius 1 is 1.40 bits per heavy atom. The Bertz CT molecular complexity index is 108. The third-order valence-corrected chi connectivity index (χ3v) is 1.52. The van der Waals surface area contributed by atoms with Crippen LogP contribution in [0.3, 0.4) is 0 Å². The molecule has 0 aromatic carbocycles. The molecule has 0 aromatic rings. The van der Waals surface area contributed by atoms with E-state index in [1.165, 1.54) is 0 Å². The van der Waals surface area contributed by atoms with E-state index in [0.717, 1.165) is 25.3 Å². The Morgan fingerprint density at radius 2 is 1.90 bits per heavy atom. The van der Waals surface area contributed by atoms with Gasteiger partial charge in [-0.2, -0.15) is 0 Å². The van der Waals surface area contributed by atoms with Gasteiger partial charge in [0.1, 0.15) is 0 Å². The Balaban J connectivity index is 3.63. The molecule has 0 aliphatic carbocycles. The van der Waals surface area contributed by atoms with Crippen LogP contribution in [0.15, 0.2) is 5.16 Å². The molecule has 0 unspecified atom stereocenters. The lowest BCUT2D eigenvalue weighted by atomic mass is 10.4. The van der Waals surface area contributed by atoms with Crippen molar-refractivity contribution >= 4 is 5.71 Å². The number of hydrogen-bond donors (Lipinski definition) is 1. The van der Waals surface area contributed by atoms with Gasteiger partial charge in [-0.3, -0.25) is 4.90 Å². The molecule has 0 atom stereocenters. The summed E-state index contributed by atoms with van der Waals surface area (Å²) in [6.45, 7) is 8.77. The van der Waals surface area contributed by atoms with E-state index in [2.05, 4.69) is 23.9 Å². The molecule has 3 nitrogen and oxygen atoms in total. The van der Waals surface area contributed by atoms with Crippen LogP contribution in [0.1, 0.15) is 20.8 Å². The molecule has 0 amide bonds. The second-order valence-corrected chi connectivity index (χ2v) is 2.30. The number of oxime groups is 1. The lowest BCUT2D eigenvalue weighted by molar-refractivity contribution is 0.304.